The van der Waals surface area contributed by atoms with E-state index in [1.165, 1.54) is 31.1 Å². The summed E-state index contributed by atoms with van der Waals surface area (Å²) in [6.45, 7) is -0.508. The molecule has 0 bridgehead atoms. The molecule has 3 N–H and O–H groups in total. The molecule has 1 aromatic carbocycles. The van der Waals surface area contributed by atoms with Crippen molar-refractivity contribution in [1.82, 2.24) is 10.2 Å². The Labute approximate surface area is 116 Å². The van der Waals surface area contributed by atoms with Gasteiger partial charge >= 0.3 is 5.97 Å². The quantitative estimate of drug-likeness (QED) is 0.565. The van der Waals surface area contributed by atoms with Gasteiger partial charge in [0.1, 0.15) is 0 Å². The lowest BCUT2D eigenvalue weighted by atomic mass is 10.2. The second kappa shape index (κ2) is 7.13. The van der Waals surface area contributed by atoms with Gasteiger partial charge in [0.05, 0.1) is 12.1 Å². The van der Waals surface area contributed by atoms with E-state index < -0.39 is 18.5 Å². The molecule has 0 saturated carbocycles. The number of nitrogens with zero attached hydrogens (tertiary/aromatic N) is 1. The first kappa shape index (κ1) is 15.5. The normalized spacial score (nSPS) is 9.70. The Balaban J connectivity index is 2.46. The standard InChI is InChI=1S/C13H17N3O4/c1-15-11(17)7-16(2)12(18)8-20-13(19)9-3-5-10(14)6-4-9/h3-6H,7-8,14H2,1-2H3,(H,15,17). The molecular weight excluding hydrogens is 262 g/mol. The summed E-state index contributed by atoms with van der Waals surface area (Å²) in [4.78, 5) is 35.6. The first-order valence-corrected chi connectivity index (χ1v) is 5.91. The first-order chi connectivity index (χ1) is 9.43. The van der Waals surface area contributed by atoms with Crippen LogP contribution in [0.5, 0.6) is 0 Å². The molecule has 2 amide bonds. The molecule has 0 fully saturated rings. The number of nitrogens with two attached hydrogens (primary N) is 1. The predicted molar refractivity (Wildman–Crippen MR) is 72.8 cm³/mol. The molecule has 0 aliphatic heterocycles. The minimum absolute atomic E-state index is 0.0885. The molecule has 0 unspecified atom stereocenters. The van der Waals surface area contributed by atoms with E-state index >= 15 is 0 Å². The zero-order chi connectivity index (χ0) is 15.1. The number of carbonyl (C=O) groups excluding carboxylic acids is 3. The molecule has 0 aliphatic carbocycles. The highest BCUT2D eigenvalue weighted by Crippen LogP contribution is 2.06. The molecule has 1 aromatic rings. The van der Waals surface area contributed by atoms with E-state index in [2.05, 4.69) is 5.32 Å². The summed E-state index contributed by atoms with van der Waals surface area (Å²) < 4.78 is 4.86. The number of nitrogens with one attached hydrogen (secondary N) is 1. The van der Waals surface area contributed by atoms with Gasteiger partial charge in [-0.15, -0.1) is 0 Å². The molecule has 0 heterocycles. The maximum Gasteiger partial charge on any atom is 0.338 e. The van der Waals surface area contributed by atoms with Crippen molar-refractivity contribution in [2.75, 3.05) is 33.0 Å². The molecule has 0 atom stereocenters. The van der Waals surface area contributed by atoms with E-state index in [0.29, 0.717) is 11.3 Å². The lowest BCUT2D eigenvalue weighted by molar-refractivity contribution is -0.137. The van der Waals surface area contributed by atoms with Crippen LogP contribution in [0.1, 0.15) is 10.4 Å². The Kier molecular flexibility index (Phi) is 5.52. The van der Waals surface area contributed by atoms with Crippen molar-refractivity contribution in [2.24, 2.45) is 0 Å². The molecule has 0 radical (unpaired) electrons. The van der Waals surface area contributed by atoms with Crippen molar-refractivity contribution in [3.63, 3.8) is 0 Å². The van der Waals surface area contributed by atoms with E-state index in [0.717, 1.165) is 0 Å². The van der Waals surface area contributed by atoms with E-state index in [1.807, 2.05) is 0 Å². The minimum Gasteiger partial charge on any atom is -0.452 e. The maximum absolute atomic E-state index is 11.6. The number of rotatable bonds is 5. The summed E-state index contributed by atoms with van der Waals surface area (Å²) in [6, 6.07) is 6.15. The van der Waals surface area contributed by atoms with Gasteiger partial charge in [-0.1, -0.05) is 0 Å². The third kappa shape index (κ3) is 4.60. The number of anilines is 1. The fourth-order valence-corrected chi connectivity index (χ4v) is 1.32. The van der Waals surface area contributed by atoms with Crippen molar-refractivity contribution in [2.45, 2.75) is 0 Å². The summed E-state index contributed by atoms with van der Waals surface area (Å²) in [6.07, 6.45) is 0. The SMILES string of the molecule is CNC(=O)CN(C)C(=O)COC(=O)c1ccc(N)cc1. The molecule has 108 valence electrons. The van der Waals surface area contributed by atoms with Crippen molar-refractivity contribution in [1.29, 1.82) is 0 Å². The number of benzene rings is 1. The van der Waals surface area contributed by atoms with Crippen LogP contribution in [0, 0.1) is 0 Å². The van der Waals surface area contributed by atoms with Crippen LogP contribution in [0.4, 0.5) is 5.69 Å². The Morgan fingerprint density at radius 2 is 1.85 bits per heavy atom. The number of amides is 2. The van der Waals surface area contributed by atoms with Crippen LogP contribution in [-0.2, 0) is 14.3 Å². The zero-order valence-corrected chi connectivity index (χ0v) is 11.4. The topological polar surface area (TPSA) is 102 Å². The monoisotopic (exact) mass is 279 g/mol. The second-order valence-electron chi connectivity index (χ2n) is 4.12. The van der Waals surface area contributed by atoms with Gasteiger partial charge in [0.25, 0.3) is 5.91 Å². The summed E-state index contributed by atoms with van der Waals surface area (Å²) in [5.74, 6) is -1.38. The molecule has 0 aromatic heterocycles. The fourth-order valence-electron chi connectivity index (χ4n) is 1.32. The number of ether oxygens (including phenoxy) is 1. The third-order valence-corrected chi connectivity index (χ3v) is 2.56. The van der Waals surface area contributed by atoms with Crippen LogP contribution < -0.4 is 11.1 Å². The fraction of sp³-hybridized carbons (Fsp3) is 0.308. The Bertz CT molecular complexity index is 499. The molecule has 7 nitrogen and oxygen atoms in total. The summed E-state index contributed by atoms with van der Waals surface area (Å²) in [5.41, 5.74) is 6.33. The van der Waals surface area contributed by atoms with Crippen LogP contribution in [0.2, 0.25) is 0 Å². The number of hydrogen-bond acceptors (Lipinski definition) is 5. The van der Waals surface area contributed by atoms with E-state index in [-0.39, 0.29) is 12.5 Å². The molecule has 0 spiro atoms. The van der Waals surface area contributed by atoms with Gasteiger partial charge in [-0.3, -0.25) is 9.59 Å². The average Bonchev–Trinajstić information content (AvgIpc) is 2.44. The molecular formula is C13H17N3O4. The molecule has 1 rings (SSSR count). The zero-order valence-electron chi connectivity index (χ0n) is 11.4. The minimum atomic E-state index is -0.619. The van der Waals surface area contributed by atoms with E-state index in [1.54, 1.807) is 12.1 Å². The molecule has 0 saturated heterocycles. The lowest BCUT2D eigenvalue weighted by Gasteiger charge is -2.15. The maximum atomic E-state index is 11.6. The van der Waals surface area contributed by atoms with Crippen LogP contribution in [0.25, 0.3) is 0 Å². The van der Waals surface area contributed by atoms with Gasteiger partial charge in [0, 0.05) is 19.8 Å². The largest absolute Gasteiger partial charge is 0.452 e. The van der Waals surface area contributed by atoms with Crippen LogP contribution in [0.3, 0.4) is 0 Å². The van der Waals surface area contributed by atoms with Gasteiger partial charge in [-0.05, 0) is 24.3 Å². The number of nitrogen functional groups attached to an aromatic ring is 1. The van der Waals surface area contributed by atoms with E-state index in [9.17, 15) is 14.4 Å². The van der Waals surface area contributed by atoms with Crippen molar-refractivity contribution in [3.05, 3.63) is 29.8 Å². The highest BCUT2D eigenvalue weighted by Gasteiger charge is 2.15. The molecule has 0 aliphatic rings. The predicted octanol–water partition coefficient (Wildman–Crippen LogP) is -0.370. The molecule has 20 heavy (non-hydrogen) atoms. The molecule has 7 heteroatoms. The van der Waals surface area contributed by atoms with Gasteiger partial charge < -0.3 is 20.7 Å². The van der Waals surface area contributed by atoms with Crippen LogP contribution in [-0.4, -0.2) is 49.9 Å². The number of carbonyl (C=O) groups is 3. The highest BCUT2D eigenvalue weighted by molar-refractivity contribution is 5.92. The van der Waals surface area contributed by atoms with Crippen molar-refractivity contribution >= 4 is 23.5 Å². The first-order valence-electron chi connectivity index (χ1n) is 5.91. The summed E-state index contributed by atoms with van der Waals surface area (Å²) >= 11 is 0. The number of likely N-dealkylation sites (N-methyl/N-ethyl adjacent to an activating group) is 2. The smallest absolute Gasteiger partial charge is 0.338 e. The highest BCUT2D eigenvalue weighted by atomic mass is 16.5. The van der Waals surface area contributed by atoms with Gasteiger partial charge in [0.15, 0.2) is 6.61 Å². The summed E-state index contributed by atoms with van der Waals surface area (Å²) in [5, 5.41) is 2.39. The Morgan fingerprint density at radius 3 is 2.40 bits per heavy atom. The lowest BCUT2D eigenvalue weighted by Crippen LogP contribution is -2.39. The average molecular weight is 279 g/mol. The van der Waals surface area contributed by atoms with Crippen LogP contribution in [0.15, 0.2) is 24.3 Å². The second-order valence-corrected chi connectivity index (χ2v) is 4.12. The van der Waals surface area contributed by atoms with Crippen molar-refractivity contribution < 1.29 is 19.1 Å². The Hall–Kier alpha value is -2.57. The number of hydrogen-bond donors (Lipinski definition) is 2. The Morgan fingerprint density at radius 1 is 1.25 bits per heavy atom. The number of esters is 1. The van der Waals surface area contributed by atoms with Gasteiger partial charge in [0.2, 0.25) is 5.91 Å². The van der Waals surface area contributed by atoms with Gasteiger partial charge in [-0.25, -0.2) is 4.79 Å². The van der Waals surface area contributed by atoms with Gasteiger partial charge in [-0.2, -0.15) is 0 Å². The third-order valence-electron chi connectivity index (χ3n) is 2.56. The van der Waals surface area contributed by atoms with Crippen molar-refractivity contribution in [3.8, 4) is 0 Å². The van der Waals surface area contributed by atoms with E-state index in [4.69, 9.17) is 10.5 Å². The van der Waals surface area contributed by atoms with Crippen LogP contribution >= 0.6 is 0 Å². The summed E-state index contributed by atoms with van der Waals surface area (Å²) in [7, 11) is 2.93.